The molecule has 0 radical (unpaired) electrons. The summed E-state index contributed by atoms with van der Waals surface area (Å²) in [7, 11) is 0. The molecule has 0 saturated carbocycles. The maximum atomic E-state index is 10.8. The van der Waals surface area contributed by atoms with Gasteiger partial charge in [-0.1, -0.05) is 52.3 Å². The van der Waals surface area contributed by atoms with E-state index in [4.69, 9.17) is 5.11 Å². The summed E-state index contributed by atoms with van der Waals surface area (Å²) in [5, 5.41) is 9.62. The first-order chi connectivity index (χ1) is 8.22. The van der Waals surface area contributed by atoms with Crippen molar-refractivity contribution in [1.29, 1.82) is 0 Å². The number of alkyl halides is 1. The van der Waals surface area contributed by atoms with Crippen LogP contribution >= 0.6 is 15.9 Å². The summed E-state index contributed by atoms with van der Waals surface area (Å²) in [4.78, 5) is 10.8. The van der Waals surface area contributed by atoms with Gasteiger partial charge in [0.2, 0.25) is 0 Å². The monoisotopic (exact) mass is 290 g/mol. The van der Waals surface area contributed by atoms with Crippen LogP contribution in [0.1, 0.15) is 15.9 Å². The maximum absolute atomic E-state index is 10.8. The van der Waals surface area contributed by atoms with E-state index in [9.17, 15) is 4.79 Å². The van der Waals surface area contributed by atoms with Crippen LogP contribution in [0.5, 0.6) is 0 Å². The minimum absolute atomic E-state index is 0.310. The Morgan fingerprint density at radius 2 is 1.71 bits per heavy atom. The zero-order chi connectivity index (χ0) is 12.3. The summed E-state index contributed by atoms with van der Waals surface area (Å²) < 4.78 is 0. The van der Waals surface area contributed by atoms with Gasteiger partial charge in [-0.2, -0.15) is 0 Å². The van der Waals surface area contributed by atoms with Crippen molar-refractivity contribution >= 4 is 21.9 Å². The van der Waals surface area contributed by atoms with Crippen LogP contribution in [0.15, 0.2) is 48.5 Å². The molecule has 0 saturated heterocycles. The standard InChI is InChI=1S/C14H11BrO2/c15-9-12-3-1-2-4-13(12)10-5-7-11(8-6-10)14(16)17/h1-8H,9H2,(H,16,17). The third kappa shape index (κ3) is 2.56. The van der Waals surface area contributed by atoms with Crippen molar-refractivity contribution in [1.82, 2.24) is 0 Å². The number of rotatable bonds is 3. The van der Waals surface area contributed by atoms with Crippen molar-refractivity contribution in [2.45, 2.75) is 5.33 Å². The van der Waals surface area contributed by atoms with E-state index in [-0.39, 0.29) is 0 Å². The van der Waals surface area contributed by atoms with Gasteiger partial charge >= 0.3 is 5.97 Å². The lowest BCUT2D eigenvalue weighted by Crippen LogP contribution is -1.95. The molecule has 3 heteroatoms. The fourth-order valence-corrected chi connectivity index (χ4v) is 2.20. The lowest BCUT2D eigenvalue weighted by molar-refractivity contribution is 0.0697. The summed E-state index contributed by atoms with van der Waals surface area (Å²) in [5.74, 6) is -0.898. The van der Waals surface area contributed by atoms with Crippen molar-refractivity contribution in [2.24, 2.45) is 0 Å². The Morgan fingerprint density at radius 3 is 2.29 bits per heavy atom. The first kappa shape index (κ1) is 11.9. The highest BCUT2D eigenvalue weighted by atomic mass is 79.9. The van der Waals surface area contributed by atoms with Crippen molar-refractivity contribution in [3.8, 4) is 11.1 Å². The lowest BCUT2D eigenvalue weighted by atomic mass is 10.00. The van der Waals surface area contributed by atoms with Gasteiger partial charge in [0.1, 0.15) is 0 Å². The van der Waals surface area contributed by atoms with Gasteiger partial charge in [0.25, 0.3) is 0 Å². The molecule has 0 aliphatic heterocycles. The van der Waals surface area contributed by atoms with Crippen LogP contribution in [0, 0.1) is 0 Å². The summed E-state index contributed by atoms with van der Waals surface area (Å²) in [6.45, 7) is 0. The zero-order valence-electron chi connectivity index (χ0n) is 9.06. The first-order valence-electron chi connectivity index (χ1n) is 5.20. The van der Waals surface area contributed by atoms with Crippen molar-refractivity contribution in [2.75, 3.05) is 0 Å². The summed E-state index contributed by atoms with van der Waals surface area (Å²) in [6, 6.07) is 15.0. The molecule has 0 spiro atoms. The molecule has 0 aliphatic carbocycles. The largest absolute Gasteiger partial charge is 0.478 e. The van der Waals surface area contributed by atoms with Crippen LogP contribution in [0.3, 0.4) is 0 Å². The highest BCUT2D eigenvalue weighted by Crippen LogP contribution is 2.25. The third-order valence-corrected chi connectivity index (χ3v) is 3.21. The van der Waals surface area contributed by atoms with Crippen molar-refractivity contribution in [3.63, 3.8) is 0 Å². The molecular weight excluding hydrogens is 280 g/mol. The molecular formula is C14H11BrO2. The van der Waals surface area contributed by atoms with Crippen LogP contribution in [-0.2, 0) is 5.33 Å². The normalized spacial score (nSPS) is 10.2. The molecule has 86 valence electrons. The van der Waals surface area contributed by atoms with Crippen LogP contribution in [0.25, 0.3) is 11.1 Å². The zero-order valence-corrected chi connectivity index (χ0v) is 10.6. The second-order valence-corrected chi connectivity index (χ2v) is 4.23. The van der Waals surface area contributed by atoms with Gasteiger partial charge in [-0.05, 0) is 28.8 Å². The van der Waals surface area contributed by atoms with E-state index in [2.05, 4.69) is 22.0 Å². The summed E-state index contributed by atoms with van der Waals surface area (Å²) in [5.41, 5.74) is 3.66. The SMILES string of the molecule is O=C(O)c1ccc(-c2ccccc2CBr)cc1. The van der Waals surface area contributed by atoms with E-state index in [1.807, 2.05) is 30.3 Å². The molecule has 2 aromatic rings. The highest BCUT2D eigenvalue weighted by Gasteiger charge is 2.05. The molecule has 0 fully saturated rings. The number of benzene rings is 2. The van der Waals surface area contributed by atoms with E-state index in [0.29, 0.717) is 5.56 Å². The molecule has 2 aromatic carbocycles. The molecule has 17 heavy (non-hydrogen) atoms. The van der Waals surface area contributed by atoms with E-state index in [1.165, 1.54) is 5.56 Å². The fourth-order valence-electron chi connectivity index (χ4n) is 1.71. The molecule has 2 nitrogen and oxygen atoms in total. The first-order valence-corrected chi connectivity index (χ1v) is 6.32. The molecule has 0 aromatic heterocycles. The Labute approximate surface area is 108 Å². The molecule has 2 rings (SSSR count). The Balaban J connectivity index is 2.43. The van der Waals surface area contributed by atoms with Gasteiger partial charge in [-0.25, -0.2) is 4.79 Å². The van der Waals surface area contributed by atoms with Crippen LogP contribution in [-0.4, -0.2) is 11.1 Å². The van der Waals surface area contributed by atoms with Crippen LogP contribution < -0.4 is 0 Å². The maximum Gasteiger partial charge on any atom is 0.335 e. The number of carboxylic acid groups (broad SMARTS) is 1. The van der Waals surface area contributed by atoms with Gasteiger partial charge in [-0.3, -0.25) is 0 Å². The Bertz CT molecular complexity index is 532. The topological polar surface area (TPSA) is 37.3 Å². The molecule has 1 N–H and O–H groups in total. The van der Waals surface area contributed by atoms with E-state index in [1.54, 1.807) is 12.1 Å². The van der Waals surface area contributed by atoms with Gasteiger partial charge in [0, 0.05) is 5.33 Å². The van der Waals surface area contributed by atoms with Crippen molar-refractivity contribution in [3.05, 3.63) is 59.7 Å². The average molecular weight is 291 g/mol. The van der Waals surface area contributed by atoms with Crippen LogP contribution in [0.4, 0.5) is 0 Å². The molecule has 0 amide bonds. The molecule has 0 bridgehead atoms. The number of hydrogen-bond acceptors (Lipinski definition) is 1. The molecule has 0 heterocycles. The second-order valence-electron chi connectivity index (χ2n) is 3.67. The molecule has 0 atom stereocenters. The minimum Gasteiger partial charge on any atom is -0.478 e. The summed E-state index contributed by atoms with van der Waals surface area (Å²) >= 11 is 3.45. The summed E-state index contributed by atoms with van der Waals surface area (Å²) in [6.07, 6.45) is 0. The smallest absolute Gasteiger partial charge is 0.335 e. The number of carboxylic acids is 1. The highest BCUT2D eigenvalue weighted by molar-refractivity contribution is 9.08. The second kappa shape index (κ2) is 5.15. The van der Waals surface area contributed by atoms with Gasteiger partial charge < -0.3 is 5.11 Å². The predicted octanol–water partition coefficient (Wildman–Crippen LogP) is 3.95. The molecule has 0 aliphatic rings. The van der Waals surface area contributed by atoms with Crippen LogP contribution in [0.2, 0.25) is 0 Å². The van der Waals surface area contributed by atoms with E-state index in [0.717, 1.165) is 16.5 Å². The Hall–Kier alpha value is -1.61. The number of halogens is 1. The fraction of sp³-hybridized carbons (Fsp3) is 0.0714. The average Bonchev–Trinajstić information content (AvgIpc) is 2.39. The van der Waals surface area contributed by atoms with Gasteiger partial charge in [0.05, 0.1) is 5.56 Å². The van der Waals surface area contributed by atoms with Gasteiger partial charge in [-0.15, -0.1) is 0 Å². The van der Waals surface area contributed by atoms with E-state index >= 15 is 0 Å². The quantitative estimate of drug-likeness (QED) is 0.869. The molecule has 0 unspecified atom stereocenters. The Kier molecular flexibility index (Phi) is 3.59. The number of hydrogen-bond donors (Lipinski definition) is 1. The lowest BCUT2D eigenvalue weighted by Gasteiger charge is -2.07. The third-order valence-electron chi connectivity index (χ3n) is 2.60. The number of aromatic carboxylic acids is 1. The van der Waals surface area contributed by atoms with Gasteiger partial charge in [0.15, 0.2) is 0 Å². The van der Waals surface area contributed by atoms with E-state index < -0.39 is 5.97 Å². The Morgan fingerprint density at radius 1 is 1.06 bits per heavy atom. The number of carbonyl (C=O) groups is 1. The predicted molar refractivity (Wildman–Crippen MR) is 71.5 cm³/mol. The minimum atomic E-state index is -0.898. The van der Waals surface area contributed by atoms with Crippen molar-refractivity contribution < 1.29 is 9.90 Å².